The van der Waals surface area contributed by atoms with Gasteiger partial charge in [-0.1, -0.05) is 41.2 Å². The highest BCUT2D eigenvalue weighted by Gasteiger charge is 2.09. The van der Waals surface area contributed by atoms with Crippen LogP contribution in [0.3, 0.4) is 0 Å². The van der Waals surface area contributed by atoms with Gasteiger partial charge < -0.3 is 9.15 Å². The van der Waals surface area contributed by atoms with Crippen LogP contribution in [0.4, 0.5) is 5.13 Å². The smallest absolute Gasteiger partial charge is 0.210 e. The Morgan fingerprint density at radius 2 is 1.82 bits per heavy atom. The molecule has 0 fully saturated rings. The molecule has 0 aliphatic carbocycles. The largest absolute Gasteiger partial charge is 0.494 e. The number of aromatic nitrogens is 1. The molecule has 28 heavy (non-hydrogen) atoms. The Kier molecular flexibility index (Phi) is 5.01. The molecule has 0 atom stereocenters. The summed E-state index contributed by atoms with van der Waals surface area (Å²) in [5, 5.41) is 2.48. The van der Waals surface area contributed by atoms with Gasteiger partial charge >= 0.3 is 0 Å². The second kappa shape index (κ2) is 7.60. The SMILES string of the molecule is CCOc1ccc2oc(-c3ccc(C)cc3)cc(=Nc3nc(C)c(C)s3)c2c1. The van der Waals surface area contributed by atoms with Crippen LogP contribution < -0.4 is 10.1 Å². The molecule has 5 heteroatoms. The number of hydrogen-bond acceptors (Lipinski definition) is 5. The first kappa shape index (κ1) is 18.4. The van der Waals surface area contributed by atoms with Gasteiger partial charge in [-0.3, -0.25) is 0 Å². The maximum atomic E-state index is 6.20. The average Bonchev–Trinajstić information content (AvgIpc) is 3.00. The van der Waals surface area contributed by atoms with Crippen LogP contribution in [0.15, 0.2) is 57.9 Å². The standard InChI is InChI=1S/C23H22N2O2S/c1-5-26-18-10-11-21-19(12-18)20(25-23-24-15(3)16(4)28-23)13-22(27-21)17-8-6-14(2)7-9-17/h6-13H,5H2,1-4H3. The summed E-state index contributed by atoms with van der Waals surface area (Å²) in [5.74, 6) is 1.58. The van der Waals surface area contributed by atoms with E-state index in [9.17, 15) is 0 Å². The highest BCUT2D eigenvalue weighted by atomic mass is 32.1. The van der Waals surface area contributed by atoms with Crippen molar-refractivity contribution >= 4 is 27.4 Å². The van der Waals surface area contributed by atoms with Gasteiger partial charge in [-0.2, -0.15) is 0 Å². The predicted molar refractivity (Wildman–Crippen MR) is 114 cm³/mol. The predicted octanol–water partition coefficient (Wildman–Crippen LogP) is 6.11. The topological polar surface area (TPSA) is 47.6 Å². The van der Waals surface area contributed by atoms with E-state index in [0.29, 0.717) is 6.61 Å². The van der Waals surface area contributed by atoms with Gasteiger partial charge in [-0.15, -0.1) is 0 Å². The van der Waals surface area contributed by atoms with Crippen molar-refractivity contribution in [1.82, 2.24) is 4.98 Å². The van der Waals surface area contributed by atoms with Gasteiger partial charge in [0.1, 0.15) is 17.1 Å². The number of aryl methyl sites for hydroxylation is 3. The normalized spacial score (nSPS) is 11.9. The van der Waals surface area contributed by atoms with Crippen LogP contribution in [-0.2, 0) is 0 Å². The van der Waals surface area contributed by atoms with Gasteiger partial charge in [-0.05, 0) is 45.9 Å². The zero-order valence-electron chi connectivity index (χ0n) is 16.4. The van der Waals surface area contributed by atoms with E-state index >= 15 is 0 Å². The summed E-state index contributed by atoms with van der Waals surface area (Å²) in [7, 11) is 0. The van der Waals surface area contributed by atoms with Gasteiger partial charge in [0.05, 0.1) is 17.7 Å². The monoisotopic (exact) mass is 390 g/mol. The van der Waals surface area contributed by atoms with Gasteiger partial charge in [0.25, 0.3) is 0 Å². The first-order chi connectivity index (χ1) is 13.5. The third kappa shape index (κ3) is 3.71. The summed E-state index contributed by atoms with van der Waals surface area (Å²) in [4.78, 5) is 10.6. The molecule has 0 aliphatic rings. The van der Waals surface area contributed by atoms with Crippen LogP contribution in [0.1, 0.15) is 23.1 Å². The van der Waals surface area contributed by atoms with Crippen molar-refractivity contribution in [3.05, 3.63) is 70.0 Å². The molecule has 142 valence electrons. The third-order valence-corrected chi connectivity index (χ3v) is 5.56. The molecule has 4 nitrogen and oxygen atoms in total. The number of fused-ring (bicyclic) bond motifs is 1. The second-order valence-corrected chi connectivity index (χ2v) is 7.88. The van der Waals surface area contributed by atoms with Crippen molar-refractivity contribution in [3.63, 3.8) is 0 Å². The molecule has 0 aliphatic heterocycles. The zero-order valence-corrected chi connectivity index (χ0v) is 17.3. The van der Waals surface area contributed by atoms with E-state index < -0.39 is 0 Å². The van der Waals surface area contributed by atoms with Crippen molar-refractivity contribution in [1.29, 1.82) is 0 Å². The molecule has 0 saturated carbocycles. The minimum Gasteiger partial charge on any atom is -0.494 e. The molecular formula is C23H22N2O2S. The van der Waals surface area contributed by atoms with Gasteiger partial charge in [0.15, 0.2) is 0 Å². The Morgan fingerprint density at radius 1 is 1.04 bits per heavy atom. The highest BCUT2D eigenvalue weighted by Crippen LogP contribution is 2.27. The fraction of sp³-hybridized carbons (Fsp3) is 0.217. The molecule has 0 unspecified atom stereocenters. The van der Waals surface area contributed by atoms with E-state index in [2.05, 4.69) is 43.1 Å². The van der Waals surface area contributed by atoms with Gasteiger partial charge in [-0.25, -0.2) is 9.98 Å². The molecule has 0 spiro atoms. The molecule has 4 rings (SSSR count). The van der Waals surface area contributed by atoms with Crippen molar-refractivity contribution in [3.8, 4) is 17.1 Å². The lowest BCUT2D eigenvalue weighted by molar-refractivity contribution is 0.340. The Hall–Kier alpha value is -2.92. The number of hydrogen-bond donors (Lipinski definition) is 0. The summed E-state index contributed by atoms with van der Waals surface area (Å²) in [6.07, 6.45) is 0. The molecule has 4 aromatic rings. The van der Waals surface area contributed by atoms with Crippen LogP contribution in [0.25, 0.3) is 22.3 Å². The van der Waals surface area contributed by atoms with Crippen LogP contribution in [0, 0.1) is 20.8 Å². The van der Waals surface area contributed by atoms with Crippen molar-refractivity contribution in [2.45, 2.75) is 27.7 Å². The minimum atomic E-state index is 0.613. The number of nitrogens with zero attached hydrogens (tertiary/aromatic N) is 2. The van der Waals surface area contributed by atoms with E-state index in [1.54, 1.807) is 11.3 Å². The quantitative estimate of drug-likeness (QED) is 0.422. The molecule has 0 N–H and O–H groups in total. The van der Waals surface area contributed by atoms with E-state index in [1.807, 2.05) is 38.1 Å². The van der Waals surface area contributed by atoms with Crippen molar-refractivity contribution < 1.29 is 9.15 Å². The third-order valence-electron chi connectivity index (χ3n) is 4.60. The fourth-order valence-corrected chi connectivity index (χ4v) is 3.76. The lowest BCUT2D eigenvalue weighted by Crippen LogP contribution is -2.04. The maximum Gasteiger partial charge on any atom is 0.210 e. The molecule has 2 aromatic heterocycles. The number of thiazole rings is 1. The molecule has 2 aromatic carbocycles. The van der Waals surface area contributed by atoms with E-state index in [1.165, 1.54) is 10.4 Å². The highest BCUT2D eigenvalue weighted by molar-refractivity contribution is 7.15. The van der Waals surface area contributed by atoms with E-state index in [0.717, 1.165) is 44.2 Å². The summed E-state index contributed by atoms with van der Waals surface area (Å²) >= 11 is 1.60. The summed E-state index contributed by atoms with van der Waals surface area (Å²) < 4.78 is 11.9. The molecule has 0 radical (unpaired) electrons. The Bertz CT molecular complexity index is 1180. The van der Waals surface area contributed by atoms with Crippen LogP contribution in [0.5, 0.6) is 5.75 Å². The van der Waals surface area contributed by atoms with Crippen molar-refractivity contribution in [2.75, 3.05) is 6.61 Å². The van der Waals surface area contributed by atoms with E-state index in [-0.39, 0.29) is 0 Å². The van der Waals surface area contributed by atoms with Gasteiger partial charge in [0.2, 0.25) is 5.13 Å². The van der Waals surface area contributed by atoms with E-state index in [4.69, 9.17) is 14.1 Å². The first-order valence-electron chi connectivity index (χ1n) is 9.30. The average molecular weight is 391 g/mol. The Balaban J connectivity index is 1.96. The zero-order chi connectivity index (χ0) is 19.7. The second-order valence-electron chi connectivity index (χ2n) is 6.70. The molecule has 2 heterocycles. The number of ether oxygens (including phenoxy) is 1. The van der Waals surface area contributed by atoms with Gasteiger partial charge in [0, 0.05) is 21.9 Å². The first-order valence-corrected chi connectivity index (χ1v) is 10.1. The molecule has 0 saturated heterocycles. The van der Waals surface area contributed by atoms with Crippen LogP contribution in [-0.4, -0.2) is 11.6 Å². The van der Waals surface area contributed by atoms with Crippen molar-refractivity contribution in [2.24, 2.45) is 4.99 Å². The lowest BCUT2D eigenvalue weighted by atomic mass is 10.1. The molecule has 0 amide bonds. The minimum absolute atomic E-state index is 0.613. The Labute approximate surface area is 168 Å². The fourth-order valence-electron chi connectivity index (χ4n) is 2.96. The number of benzene rings is 2. The number of rotatable bonds is 4. The summed E-state index contributed by atoms with van der Waals surface area (Å²) in [6, 6.07) is 16.1. The van der Waals surface area contributed by atoms with Crippen LogP contribution in [0.2, 0.25) is 0 Å². The summed E-state index contributed by atoms with van der Waals surface area (Å²) in [6.45, 7) is 8.73. The molecular weight excluding hydrogens is 368 g/mol. The summed E-state index contributed by atoms with van der Waals surface area (Å²) in [5.41, 5.74) is 4.02. The maximum absolute atomic E-state index is 6.20. The van der Waals surface area contributed by atoms with Crippen LogP contribution >= 0.6 is 11.3 Å². The Morgan fingerprint density at radius 3 is 2.50 bits per heavy atom. The lowest BCUT2D eigenvalue weighted by Gasteiger charge is -2.07. The molecule has 0 bridgehead atoms.